The number of pyridine rings is 1. The Kier molecular flexibility index (Phi) is 4.20. The van der Waals surface area contributed by atoms with Crippen LogP contribution < -0.4 is 0 Å². The number of aryl methyl sites for hydroxylation is 1. The molecule has 1 amide bonds. The summed E-state index contributed by atoms with van der Waals surface area (Å²) in [6.45, 7) is 5.06. The topological polar surface area (TPSA) is 70.5 Å². The monoisotopic (exact) mass is 236 g/mol. The van der Waals surface area contributed by atoms with Crippen LogP contribution in [0.5, 0.6) is 0 Å². The molecule has 5 nitrogen and oxygen atoms in total. The molecule has 0 aliphatic heterocycles. The minimum atomic E-state index is -1.02. The van der Waals surface area contributed by atoms with E-state index in [1.807, 2.05) is 0 Å². The molecule has 0 unspecified atom stereocenters. The van der Waals surface area contributed by atoms with Crippen LogP contribution in [0.1, 0.15) is 29.9 Å². The van der Waals surface area contributed by atoms with Crippen LogP contribution >= 0.6 is 0 Å². The zero-order valence-corrected chi connectivity index (χ0v) is 10.2. The van der Waals surface area contributed by atoms with Gasteiger partial charge in [0.2, 0.25) is 0 Å². The van der Waals surface area contributed by atoms with Crippen LogP contribution in [-0.4, -0.2) is 39.5 Å². The molecule has 1 rings (SSSR count). The average Bonchev–Trinajstić information content (AvgIpc) is 2.24. The summed E-state index contributed by atoms with van der Waals surface area (Å²) in [5.41, 5.74) is 1.20. The van der Waals surface area contributed by atoms with E-state index >= 15 is 0 Å². The number of nitrogens with zero attached hydrogens (tertiary/aromatic N) is 2. The number of rotatable bonds is 4. The van der Waals surface area contributed by atoms with E-state index < -0.39 is 5.97 Å². The van der Waals surface area contributed by atoms with Gasteiger partial charge in [-0.05, 0) is 32.9 Å². The molecule has 0 saturated carbocycles. The summed E-state index contributed by atoms with van der Waals surface area (Å²) in [4.78, 5) is 28.1. The molecular formula is C12H16N2O3. The lowest BCUT2D eigenvalue weighted by Gasteiger charge is -2.24. The molecule has 0 spiro atoms. The summed E-state index contributed by atoms with van der Waals surface area (Å²) in [5, 5.41) is 8.78. The van der Waals surface area contributed by atoms with Gasteiger partial charge in [0, 0.05) is 23.5 Å². The first-order valence-corrected chi connectivity index (χ1v) is 5.37. The molecule has 0 bridgehead atoms. The standard InChI is InChI=1S/C12H16N2O3/c1-8(2)14(7-11(15)16)12(17)10-4-5-13-9(3)6-10/h4-6,8H,7H2,1-3H3,(H,15,16). The van der Waals surface area contributed by atoms with Gasteiger partial charge in [0.25, 0.3) is 5.91 Å². The zero-order chi connectivity index (χ0) is 13.0. The van der Waals surface area contributed by atoms with E-state index in [0.717, 1.165) is 5.69 Å². The highest BCUT2D eigenvalue weighted by Gasteiger charge is 2.21. The van der Waals surface area contributed by atoms with Crippen LogP contribution in [0.4, 0.5) is 0 Å². The van der Waals surface area contributed by atoms with Gasteiger partial charge in [0.15, 0.2) is 0 Å². The van der Waals surface area contributed by atoms with Crippen molar-refractivity contribution in [2.24, 2.45) is 0 Å². The molecule has 0 aromatic carbocycles. The van der Waals surface area contributed by atoms with Gasteiger partial charge in [-0.3, -0.25) is 14.6 Å². The summed E-state index contributed by atoms with van der Waals surface area (Å²) in [6.07, 6.45) is 1.54. The third-order valence-corrected chi connectivity index (χ3v) is 2.33. The molecule has 0 saturated heterocycles. The van der Waals surface area contributed by atoms with Gasteiger partial charge < -0.3 is 10.0 Å². The molecule has 1 aromatic rings. The summed E-state index contributed by atoms with van der Waals surface area (Å²) in [7, 11) is 0. The molecule has 92 valence electrons. The van der Waals surface area contributed by atoms with Crippen molar-refractivity contribution in [2.45, 2.75) is 26.8 Å². The minimum Gasteiger partial charge on any atom is -0.480 e. The third kappa shape index (κ3) is 3.55. The molecule has 0 aliphatic carbocycles. The second-order valence-corrected chi connectivity index (χ2v) is 4.11. The summed E-state index contributed by atoms with van der Waals surface area (Å²) in [5.74, 6) is -1.30. The molecular weight excluding hydrogens is 220 g/mol. The number of carboxylic acid groups (broad SMARTS) is 1. The van der Waals surface area contributed by atoms with E-state index in [-0.39, 0.29) is 18.5 Å². The van der Waals surface area contributed by atoms with Crippen molar-refractivity contribution in [2.75, 3.05) is 6.54 Å². The lowest BCUT2D eigenvalue weighted by atomic mass is 10.2. The third-order valence-electron chi connectivity index (χ3n) is 2.33. The van der Waals surface area contributed by atoms with Crippen LogP contribution in [0.2, 0.25) is 0 Å². The number of carbonyl (C=O) groups excluding carboxylic acids is 1. The Hall–Kier alpha value is -1.91. The van der Waals surface area contributed by atoms with Gasteiger partial charge in [0.1, 0.15) is 6.54 Å². The van der Waals surface area contributed by atoms with Crippen LogP contribution in [0.25, 0.3) is 0 Å². The first-order chi connectivity index (χ1) is 7.91. The predicted octanol–water partition coefficient (Wildman–Crippen LogP) is 1.33. The highest BCUT2D eigenvalue weighted by molar-refractivity contribution is 5.96. The second-order valence-electron chi connectivity index (χ2n) is 4.11. The van der Waals surface area contributed by atoms with Crippen LogP contribution in [0.3, 0.4) is 0 Å². The van der Waals surface area contributed by atoms with Gasteiger partial charge in [-0.1, -0.05) is 0 Å². The SMILES string of the molecule is Cc1cc(C(=O)N(CC(=O)O)C(C)C)ccn1. The average molecular weight is 236 g/mol. The first-order valence-electron chi connectivity index (χ1n) is 5.37. The largest absolute Gasteiger partial charge is 0.480 e. The van der Waals surface area contributed by atoms with Crippen LogP contribution in [0.15, 0.2) is 18.3 Å². The Morgan fingerprint density at radius 3 is 2.59 bits per heavy atom. The number of amides is 1. The lowest BCUT2D eigenvalue weighted by Crippen LogP contribution is -2.40. The van der Waals surface area contributed by atoms with E-state index in [0.29, 0.717) is 5.56 Å². The zero-order valence-electron chi connectivity index (χ0n) is 10.2. The number of aromatic nitrogens is 1. The molecule has 1 heterocycles. The van der Waals surface area contributed by atoms with Crippen molar-refractivity contribution in [3.05, 3.63) is 29.6 Å². The first kappa shape index (κ1) is 13.2. The Morgan fingerprint density at radius 2 is 2.12 bits per heavy atom. The van der Waals surface area contributed by atoms with Crippen LogP contribution in [0, 0.1) is 6.92 Å². The van der Waals surface area contributed by atoms with Gasteiger partial charge in [0.05, 0.1) is 0 Å². The fourth-order valence-corrected chi connectivity index (χ4v) is 1.48. The Balaban J connectivity index is 2.95. The van der Waals surface area contributed by atoms with E-state index in [2.05, 4.69) is 4.98 Å². The van der Waals surface area contributed by atoms with E-state index in [1.54, 1.807) is 39.1 Å². The van der Waals surface area contributed by atoms with Crippen molar-refractivity contribution in [3.63, 3.8) is 0 Å². The van der Waals surface area contributed by atoms with Crippen molar-refractivity contribution in [1.82, 2.24) is 9.88 Å². The van der Waals surface area contributed by atoms with Crippen molar-refractivity contribution in [3.8, 4) is 0 Å². The van der Waals surface area contributed by atoms with E-state index in [4.69, 9.17) is 5.11 Å². The molecule has 0 radical (unpaired) electrons. The van der Waals surface area contributed by atoms with Gasteiger partial charge in [-0.25, -0.2) is 0 Å². The summed E-state index contributed by atoms with van der Waals surface area (Å²) >= 11 is 0. The van der Waals surface area contributed by atoms with Crippen molar-refractivity contribution >= 4 is 11.9 Å². The quantitative estimate of drug-likeness (QED) is 0.856. The summed E-state index contributed by atoms with van der Waals surface area (Å²) < 4.78 is 0. The molecule has 0 aliphatic rings. The fourth-order valence-electron chi connectivity index (χ4n) is 1.48. The maximum Gasteiger partial charge on any atom is 0.323 e. The van der Waals surface area contributed by atoms with Gasteiger partial charge in [-0.2, -0.15) is 0 Å². The van der Waals surface area contributed by atoms with Crippen LogP contribution in [-0.2, 0) is 4.79 Å². The fraction of sp³-hybridized carbons (Fsp3) is 0.417. The highest BCUT2D eigenvalue weighted by Crippen LogP contribution is 2.08. The lowest BCUT2D eigenvalue weighted by molar-refractivity contribution is -0.138. The Bertz CT molecular complexity index is 430. The summed E-state index contributed by atoms with van der Waals surface area (Å²) in [6, 6.07) is 3.08. The van der Waals surface area contributed by atoms with Crippen molar-refractivity contribution < 1.29 is 14.7 Å². The maximum atomic E-state index is 12.1. The highest BCUT2D eigenvalue weighted by atomic mass is 16.4. The number of hydrogen-bond donors (Lipinski definition) is 1. The number of carboxylic acids is 1. The number of aliphatic carboxylic acids is 1. The van der Waals surface area contributed by atoms with E-state index in [1.165, 1.54) is 4.90 Å². The molecule has 1 aromatic heterocycles. The minimum absolute atomic E-state index is 0.160. The smallest absolute Gasteiger partial charge is 0.323 e. The second kappa shape index (κ2) is 5.43. The molecule has 0 atom stereocenters. The molecule has 0 fully saturated rings. The Morgan fingerprint density at radius 1 is 1.47 bits per heavy atom. The normalized spacial score (nSPS) is 10.4. The maximum absolute atomic E-state index is 12.1. The molecule has 17 heavy (non-hydrogen) atoms. The number of carbonyl (C=O) groups is 2. The van der Waals surface area contributed by atoms with Gasteiger partial charge >= 0.3 is 5.97 Å². The molecule has 1 N–H and O–H groups in total. The van der Waals surface area contributed by atoms with Crippen molar-refractivity contribution in [1.29, 1.82) is 0 Å². The van der Waals surface area contributed by atoms with E-state index in [9.17, 15) is 9.59 Å². The van der Waals surface area contributed by atoms with Gasteiger partial charge in [-0.15, -0.1) is 0 Å². The predicted molar refractivity (Wildman–Crippen MR) is 62.8 cm³/mol. The molecule has 5 heteroatoms. The Labute approximate surface area is 100 Å². The number of hydrogen-bond acceptors (Lipinski definition) is 3.